The maximum atomic E-state index is 13.2. The van der Waals surface area contributed by atoms with Crippen molar-refractivity contribution in [1.29, 1.82) is 0 Å². The summed E-state index contributed by atoms with van der Waals surface area (Å²) in [5, 5.41) is 4.91. The van der Waals surface area contributed by atoms with E-state index in [0.717, 1.165) is 60.5 Å². The molecule has 5 nitrogen and oxygen atoms in total. The number of hydrogen-bond acceptors (Lipinski definition) is 5. The van der Waals surface area contributed by atoms with E-state index in [1.54, 1.807) is 4.90 Å². The van der Waals surface area contributed by atoms with Gasteiger partial charge in [-0.25, -0.2) is 4.68 Å². The Morgan fingerprint density at radius 3 is 2.41 bits per heavy atom. The Morgan fingerprint density at radius 1 is 0.946 bits per heavy atom. The monoisotopic (exact) mass is 533 g/mol. The number of ether oxygens (including phenoxy) is 1. The molecule has 0 atom stereocenters. The van der Waals surface area contributed by atoms with Crippen molar-refractivity contribution < 1.29 is 9.53 Å². The van der Waals surface area contributed by atoms with Gasteiger partial charge in [-0.15, -0.1) is 0 Å². The number of carbonyl (C=O) groups is 1. The Balaban J connectivity index is 1.59. The van der Waals surface area contributed by atoms with Gasteiger partial charge in [-0.3, -0.25) is 9.69 Å². The third kappa shape index (κ3) is 7.11. The Morgan fingerprint density at radius 2 is 1.68 bits per heavy atom. The van der Waals surface area contributed by atoms with E-state index >= 15 is 0 Å². The molecule has 1 aliphatic heterocycles. The lowest BCUT2D eigenvalue weighted by atomic mass is 10.1. The van der Waals surface area contributed by atoms with Gasteiger partial charge in [0.15, 0.2) is 0 Å². The molecule has 194 valence electrons. The van der Waals surface area contributed by atoms with E-state index in [0.29, 0.717) is 15.8 Å². The Kier molecular flexibility index (Phi) is 9.97. The van der Waals surface area contributed by atoms with Gasteiger partial charge in [-0.1, -0.05) is 88.1 Å². The van der Waals surface area contributed by atoms with Crippen LogP contribution in [0.2, 0.25) is 0 Å². The number of thiocarbonyl (C=S) groups is 1. The van der Waals surface area contributed by atoms with Crippen LogP contribution in [0.25, 0.3) is 23.0 Å². The number of amides is 1. The summed E-state index contributed by atoms with van der Waals surface area (Å²) in [6, 6.07) is 18.1. The van der Waals surface area contributed by atoms with Crippen molar-refractivity contribution in [2.24, 2.45) is 0 Å². The largest absolute Gasteiger partial charge is 0.494 e. The van der Waals surface area contributed by atoms with Crippen molar-refractivity contribution in [1.82, 2.24) is 14.7 Å². The summed E-state index contributed by atoms with van der Waals surface area (Å²) >= 11 is 6.91. The fourth-order valence-corrected chi connectivity index (χ4v) is 5.51. The maximum Gasteiger partial charge on any atom is 0.266 e. The lowest BCUT2D eigenvalue weighted by molar-refractivity contribution is -0.122. The van der Waals surface area contributed by atoms with Gasteiger partial charge in [0.25, 0.3) is 5.91 Å². The third-order valence-corrected chi connectivity index (χ3v) is 7.68. The number of hydrogen-bond donors (Lipinski definition) is 0. The smallest absolute Gasteiger partial charge is 0.266 e. The lowest BCUT2D eigenvalue weighted by Crippen LogP contribution is -2.28. The summed E-state index contributed by atoms with van der Waals surface area (Å²) < 4.78 is 8.42. The zero-order valence-electron chi connectivity index (χ0n) is 21.7. The van der Waals surface area contributed by atoms with Crippen LogP contribution in [0, 0.1) is 0 Å². The molecule has 0 bridgehead atoms. The molecule has 1 aliphatic rings. The van der Waals surface area contributed by atoms with E-state index in [1.807, 2.05) is 71.6 Å². The van der Waals surface area contributed by atoms with Crippen LogP contribution in [-0.4, -0.2) is 38.1 Å². The predicted octanol–water partition coefficient (Wildman–Crippen LogP) is 7.89. The van der Waals surface area contributed by atoms with Crippen LogP contribution < -0.4 is 4.74 Å². The van der Waals surface area contributed by atoms with Crippen molar-refractivity contribution in [3.8, 4) is 22.7 Å². The molecule has 1 fully saturated rings. The Labute approximate surface area is 229 Å². The minimum Gasteiger partial charge on any atom is -0.494 e. The number of aromatic nitrogens is 2. The highest BCUT2D eigenvalue weighted by atomic mass is 32.2. The van der Waals surface area contributed by atoms with Crippen LogP contribution in [-0.2, 0) is 4.79 Å². The molecule has 0 spiro atoms. The second-order valence-electron chi connectivity index (χ2n) is 9.19. The van der Waals surface area contributed by atoms with Gasteiger partial charge in [-0.2, -0.15) is 5.10 Å². The van der Waals surface area contributed by atoms with Crippen LogP contribution in [0.3, 0.4) is 0 Å². The van der Waals surface area contributed by atoms with Crippen molar-refractivity contribution in [3.05, 3.63) is 71.3 Å². The van der Waals surface area contributed by atoms with Gasteiger partial charge in [0.05, 0.1) is 22.9 Å². The fraction of sp³-hybridized carbons (Fsp3) is 0.367. The van der Waals surface area contributed by atoms with Crippen molar-refractivity contribution in [2.45, 2.75) is 58.8 Å². The summed E-state index contributed by atoms with van der Waals surface area (Å²) in [4.78, 5) is 15.5. The van der Waals surface area contributed by atoms with Gasteiger partial charge in [0, 0.05) is 23.9 Å². The third-order valence-electron chi connectivity index (χ3n) is 6.30. The molecule has 1 aromatic heterocycles. The highest BCUT2D eigenvalue weighted by molar-refractivity contribution is 8.26. The normalized spacial score (nSPS) is 14.6. The second kappa shape index (κ2) is 13.6. The molecule has 0 unspecified atom stereocenters. The van der Waals surface area contributed by atoms with E-state index in [9.17, 15) is 4.79 Å². The average Bonchev–Trinajstić information content (AvgIpc) is 3.46. The van der Waals surface area contributed by atoms with Crippen molar-refractivity contribution in [3.63, 3.8) is 0 Å². The maximum absolute atomic E-state index is 13.2. The number of rotatable bonds is 13. The first-order chi connectivity index (χ1) is 18.1. The Hall–Kier alpha value is -2.90. The molecule has 0 N–H and O–H groups in total. The zero-order valence-corrected chi connectivity index (χ0v) is 23.3. The first kappa shape index (κ1) is 27.1. The summed E-state index contributed by atoms with van der Waals surface area (Å²) in [6.45, 7) is 5.77. The predicted molar refractivity (Wildman–Crippen MR) is 158 cm³/mol. The lowest BCUT2D eigenvalue weighted by Gasteiger charge is -2.13. The number of thioether (sulfide) groups is 1. The molecular weight excluding hydrogens is 498 g/mol. The van der Waals surface area contributed by atoms with Crippen LogP contribution >= 0.6 is 24.0 Å². The van der Waals surface area contributed by atoms with E-state index in [4.69, 9.17) is 22.1 Å². The van der Waals surface area contributed by atoms with Crippen LogP contribution in [0.1, 0.15) is 64.4 Å². The van der Waals surface area contributed by atoms with Gasteiger partial charge in [0.2, 0.25) is 0 Å². The van der Waals surface area contributed by atoms with E-state index in [2.05, 4.69) is 13.8 Å². The van der Waals surface area contributed by atoms with Crippen LogP contribution in [0.15, 0.2) is 65.7 Å². The summed E-state index contributed by atoms with van der Waals surface area (Å²) in [7, 11) is 0. The molecule has 4 rings (SSSR count). The summed E-state index contributed by atoms with van der Waals surface area (Å²) in [5.74, 6) is 0.841. The van der Waals surface area contributed by atoms with Crippen LogP contribution in [0.4, 0.5) is 0 Å². The van der Waals surface area contributed by atoms with Gasteiger partial charge < -0.3 is 4.74 Å². The number of carbonyl (C=O) groups excluding carboxylic acids is 1. The number of para-hydroxylation sites is 1. The molecule has 2 heterocycles. The molecule has 3 aromatic rings. The van der Waals surface area contributed by atoms with Crippen molar-refractivity contribution in [2.75, 3.05) is 13.2 Å². The minimum atomic E-state index is -0.0173. The quantitative estimate of drug-likeness (QED) is 0.127. The number of nitrogens with zero attached hydrogens (tertiary/aromatic N) is 3. The topological polar surface area (TPSA) is 47.4 Å². The van der Waals surface area contributed by atoms with Gasteiger partial charge in [-0.05, 0) is 55.3 Å². The molecule has 0 saturated carbocycles. The molecule has 0 aliphatic carbocycles. The standard InChI is InChI=1S/C30H35N3O2S2/c1-3-5-7-12-20-35-26-17-15-23(16-18-26)28-24(22-33(31-28)25-13-9-8-10-14-25)21-27-29(34)32(30(36)37-27)19-11-6-4-2/h8-10,13-18,21-22H,3-7,11-12,19-20H2,1-2H3/b27-21-. The number of benzene rings is 2. The van der Waals surface area contributed by atoms with Gasteiger partial charge in [0.1, 0.15) is 10.1 Å². The molecule has 7 heteroatoms. The van der Waals surface area contributed by atoms with E-state index in [1.165, 1.54) is 31.0 Å². The molecule has 2 aromatic carbocycles. The minimum absolute atomic E-state index is 0.0173. The number of unbranched alkanes of at least 4 members (excludes halogenated alkanes) is 5. The van der Waals surface area contributed by atoms with E-state index in [-0.39, 0.29) is 5.91 Å². The SMILES string of the molecule is CCCCCCOc1ccc(-c2nn(-c3ccccc3)cc2/C=C2\SC(=S)N(CCCCC)C2=O)cc1. The molecule has 37 heavy (non-hydrogen) atoms. The summed E-state index contributed by atoms with van der Waals surface area (Å²) in [6.07, 6.45) is 11.8. The Bertz CT molecular complexity index is 1220. The zero-order chi connectivity index (χ0) is 26.0. The first-order valence-corrected chi connectivity index (χ1v) is 14.5. The molecular formula is C30H35N3O2S2. The van der Waals surface area contributed by atoms with Crippen molar-refractivity contribution >= 4 is 40.3 Å². The highest BCUT2D eigenvalue weighted by Gasteiger charge is 2.32. The molecule has 1 saturated heterocycles. The molecule has 0 radical (unpaired) electrons. The first-order valence-electron chi connectivity index (χ1n) is 13.2. The fourth-order valence-electron chi connectivity index (χ4n) is 4.21. The van der Waals surface area contributed by atoms with Gasteiger partial charge >= 0.3 is 0 Å². The molecule has 1 amide bonds. The van der Waals surface area contributed by atoms with Crippen LogP contribution in [0.5, 0.6) is 5.75 Å². The summed E-state index contributed by atoms with van der Waals surface area (Å²) in [5.41, 5.74) is 3.63. The average molecular weight is 534 g/mol. The highest BCUT2D eigenvalue weighted by Crippen LogP contribution is 2.35. The van der Waals surface area contributed by atoms with E-state index < -0.39 is 0 Å². The second-order valence-corrected chi connectivity index (χ2v) is 10.9.